The maximum atomic E-state index is 12.6. The van der Waals surface area contributed by atoms with Crippen LogP contribution in [0.5, 0.6) is 0 Å². The predicted molar refractivity (Wildman–Crippen MR) is 75.8 cm³/mol. The first-order valence-electron chi connectivity index (χ1n) is 7.85. The number of hydrogen-bond donors (Lipinski definition) is 0. The lowest BCUT2D eigenvalue weighted by Crippen LogP contribution is -2.39. The maximum absolute atomic E-state index is 12.6. The van der Waals surface area contributed by atoms with E-state index in [9.17, 15) is 4.79 Å². The summed E-state index contributed by atoms with van der Waals surface area (Å²) in [7, 11) is 0. The van der Waals surface area contributed by atoms with Crippen molar-refractivity contribution in [3.63, 3.8) is 0 Å². The molecule has 0 heterocycles. The summed E-state index contributed by atoms with van der Waals surface area (Å²) in [5.74, 6) is 0.945. The zero-order valence-corrected chi connectivity index (χ0v) is 12.5. The molecule has 18 heavy (non-hydrogen) atoms. The highest BCUT2D eigenvalue weighted by Gasteiger charge is 2.41. The predicted octanol–water partition coefficient (Wildman–Crippen LogP) is 4.51. The average Bonchev–Trinajstić information content (AvgIpc) is 2.84. The van der Waals surface area contributed by atoms with Crippen LogP contribution >= 0.6 is 0 Å². The van der Waals surface area contributed by atoms with E-state index in [1.807, 2.05) is 6.92 Å². The van der Waals surface area contributed by atoms with Gasteiger partial charge < -0.3 is 4.74 Å². The molecule has 1 aliphatic carbocycles. The van der Waals surface area contributed by atoms with Gasteiger partial charge in [-0.05, 0) is 38.5 Å². The normalized spacial score (nSPS) is 19.9. The van der Waals surface area contributed by atoms with Crippen LogP contribution in [0.15, 0.2) is 0 Å². The Hall–Kier alpha value is -0.370. The van der Waals surface area contributed by atoms with Crippen LogP contribution in [0.2, 0.25) is 0 Å². The van der Waals surface area contributed by atoms with Crippen molar-refractivity contribution in [1.29, 1.82) is 0 Å². The Morgan fingerprint density at radius 3 is 2.39 bits per heavy atom. The van der Waals surface area contributed by atoms with E-state index in [-0.39, 0.29) is 0 Å². The van der Waals surface area contributed by atoms with Crippen molar-refractivity contribution >= 4 is 5.78 Å². The van der Waals surface area contributed by atoms with Crippen LogP contribution in [0.1, 0.15) is 78.6 Å². The van der Waals surface area contributed by atoms with Crippen LogP contribution in [0, 0.1) is 5.92 Å². The lowest BCUT2D eigenvalue weighted by Gasteiger charge is -2.29. The number of Topliss-reactive ketones (excluding diaryl/α,β-unsaturated/α-hetero) is 1. The minimum Gasteiger partial charge on any atom is -0.368 e. The van der Waals surface area contributed by atoms with Gasteiger partial charge in [-0.1, -0.05) is 39.5 Å². The molecular formula is C16H30O2. The molecule has 0 N–H and O–H groups in total. The summed E-state index contributed by atoms with van der Waals surface area (Å²) in [4.78, 5) is 12.6. The Bertz CT molecular complexity index is 241. The molecule has 0 saturated heterocycles. The van der Waals surface area contributed by atoms with Gasteiger partial charge >= 0.3 is 0 Å². The molecule has 1 saturated carbocycles. The first-order valence-corrected chi connectivity index (χ1v) is 7.85. The van der Waals surface area contributed by atoms with E-state index < -0.39 is 5.60 Å². The Labute approximate surface area is 112 Å². The molecule has 0 radical (unpaired) electrons. The molecule has 0 amide bonds. The molecule has 1 aliphatic rings. The Morgan fingerprint density at radius 1 is 1.22 bits per heavy atom. The number of carbonyl (C=O) groups is 1. The number of hydrogen-bond acceptors (Lipinski definition) is 2. The van der Waals surface area contributed by atoms with E-state index in [1.54, 1.807) is 0 Å². The molecule has 0 aromatic rings. The molecule has 2 heteroatoms. The minimum absolute atomic E-state index is 0.379. The molecule has 1 atom stereocenters. The fourth-order valence-electron chi connectivity index (χ4n) is 3.12. The number of unbranched alkanes of at least 4 members (excludes halogenated alkanes) is 1. The molecule has 0 aromatic carbocycles. The molecule has 0 bridgehead atoms. The first-order chi connectivity index (χ1) is 8.68. The first kappa shape index (κ1) is 15.7. The monoisotopic (exact) mass is 254 g/mol. The summed E-state index contributed by atoms with van der Waals surface area (Å²) >= 11 is 0. The molecule has 1 fully saturated rings. The van der Waals surface area contributed by atoms with Gasteiger partial charge in [0.2, 0.25) is 0 Å². The summed E-state index contributed by atoms with van der Waals surface area (Å²) in [5, 5.41) is 0. The van der Waals surface area contributed by atoms with Crippen molar-refractivity contribution in [3.8, 4) is 0 Å². The SMILES string of the molecule is CCCCC(CC)CC(=O)C1(OCC)CCCC1. The van der Waals surface area contributed by atoms with Crippen molar-refractivity contribution in [2.75, 3.05) is 6.61 Å². The van der Waals surface area contributed by atoms with E-state index >= 15 is 0 Å². The Balaban J connectivity index is 2.54. The van der Waals surface area contributed by atoms with E-state index in [1.165, 1.54) is 19.3 Å². The molecule has 2 nitrogen and oxygen atoms in total. The molecule has 1 unspecified atom stereocenters. The summed E-state index contributed by atoms with van der Waals surface area (Å²) in [6, 6.07) is 0. The van der Waals surface area contributed by atoms with E-state index in [0.717, 1.165) is 38.5 Å². The van der Waals surface area contributed by atoms with Crippen LogP contribution in [0.3, 0.4) is 0 Å². The van der Waals surface area contributed by atoms with Gasteiger partial charge in [-0.25, -0.2) is 0 Å². The fourth-order valence-corrected chi connectivity index (χ4v) is 3.12. The molecule has 0 spiro atoms. The fraction of sp³-hybridized carbons (Fsp3) is 0.938. The van der Waals surface area contributed by atoms with Gasteiger partial charge in [-0.3, -0.25) is 4.79 Å². The minimum atomic E-state index is -0.408. The standard InChI is InChI=1S/C16H30O2/c1-4-7-10-14(5-2)13-15(17)16(18-6-3)11-8-9-12-16/h14H,4-13H2,1-3H3. The van der Waals surface area contributed by atoms with Gasteiger partial charge in [0.1, 0.15) is 5.60 Å². The zero-order valence-electron chi connectivity index (χ0n) is 12.5. The third-order valence-electron chi connectivity index (χ3n) is 4.36. The topological polar surface area (TPSA) is 26.3 Å². The van der Waals surface area contributed by atoms with Crippen molar-refractivity contribution in [2.45, 2.75) is 84.2 Å². The highest BCUT2D eigenvalue weighted by atomic mass is 16.5. The van der Waals surface area contributed by atoms with Crippen molar-refractivity contribution in [1.82, 2.24) is 0 Å². The molecule has 0 aliphatic heterocycles. The number of rotatable bonds is 9. The Morgan fingerprint density at radius 2 is 1.89 bits per heavy atom. The lowest BCUT2D eigenvalue weighted by molar-refractivity contribution is -0.144. The van der Waals surface area contributed by atoms with E-state index in [0.29, 0.717) is 18.3 Å². The third kappa shape index (κ3) is 4.08. The number of ketones is 1. The largest absolute Gasteiger partial charge is 0.368 e. The number of ether oxygens (including phenoxy) is 1. The Kier molecular flexibility index (Phi) is 6.91. The molecule has 0 aromatic heterocycles. The third-order valence-corrected chi connectivity index (χ3v) is 4.36. The van der Waals surface area contributed by atoms with Crippen molar-refractivity contribution < 1.29 is 9.53 Å². The quantitative estimate of drug-likeness (QED) is 0.605. The zero-order chi connectivity index (χ0) is 13.4. The highest BCUT2D eigenvalue weighted by molar-refractivity contribution is 5.87. The van der Waals surface area contributed by atoms with Crippen LogP contribution in [-0.4, -0.2) is 18.0 Å². The summed E-state index contributed by atoms with van der Waals surface area (Å²) in [5.41, 5.74) is -0.408. The van der Waals surface area contributed by atoms with Crippen LogP contribution in [-0.2, 0) is 9.53 Å². The van der Waals surface area contributed by atoms with Crippen molar-refractivity contribution in [3.05, 3.63) is 0 Å². The van der Waals surface area contributed by atoms with Gasteiger partial charge in [0, 0.05) is 13.0 Å². The summed E-state index contributed by atoms with van der Waals surface area (Å²) < 4.78 is 5.85. The van der Waals surface area contributed by atoms with Gasteiger partial charge in [-0.15, -0.1) is 0 Å². The van der Waals surface area contributed by atoms with Crippen LogP contribution < -0.4 is 0 Å². The molecular weight excluding hydrogens is 224 g/mol. The number of carbonyl (C=O) groups excluding carboxylic acids is 1. The lowest BCUT2D eigenvalue weighted by atomic mass is 9.86. The highest BCUT2D eigenvalue weighted by Crippen LogP contribution is 2.36. The van der Waals surface area contributed by atoms with Gasteiger partial charge in [-0.2, -0.15) is 0 Å². The van der Waals surface area contributed by atoms with Crippen LogP contribution in [0.4, 0.5) is 0 Å². The summed E-state index contributed by atoms with van der Waals surface area (Å²) in [6.45, 7) is 7.09. The van der Waals surface area contributed by atoms with Crippen LogP contribution in [0.25, 0.3) is 0 Å². The second-order valence-corrected chi connectivity index (χ2v) is 5.68. The smallest absolute Gasteiger partial charge is 0.164 e. The van der Waals surface area contributed by atoms with E-state index in [2.05, 4.69) is 13.8 Å². The van der Waals surface area contributed by atoms with E-state index in [4.69, 9.17) is 4.74 Å². The average molecular weight is 254 g/mol. The summed E-state index contributed by atoms with van der Waals surface area (Å²) in [6.07, 6.45) is 9.71. The van der Waals surface area contributed by atoms with Crippen molar-refractivity contribution in [2.24, 2.45) is 5.92 Å². The second-order valence-electron chi connectivity index (χ2n) is 5.68. The van der Waals surface area contributed by atoms with Gasteiger partial charge in [0.15, 0.2) is 5.78 Å². The van der Waals surface area contributed by atoms with Gasteiger partial charge in [0.25, 0.3) is 0 Å². The van der Waals surface area contributed by atoms with Gasteiger partial charge in [0.05, 0.1) is 0 Å². The molecule has 106 valence electrons. The maximum Gasteiger partial charge on any atom is 0.164 e. The molecule has 1 rings (SSSR count). The second kappa shape index (κ2) is 7.93.